The van der Waals surface area contributed by atoms with Crippen molar-refractivity contribution in [3.05, 3.63) is 0 Å². The minimum Gasteiger partial charge on any atom is -0.381 e. The topological polar surface area (TPSA) is 69.4 Å². The fourth-order valence-corrected chi connectivity index (χ4v) is 2.90. The summed E-state index contributed by atoms with van der Waals surface area (Å²) in [6.45, 7) is 3.13. The van der Waals surface area contributed by atoms with E-state index in [1.165, 1.54) is 0 Å². The van der Waals surface area contributed by atoms with Crippen molar-refractivity contribution in [1.82, 2.24) is 0 Å². The number of hydrogen-bond donors (Lipinski definition) is 1. The van der Waals surface area contributed by atoms with Crippen LogP contribution < -0.4 is 5.73 Å². The molecule has 0 spiro atoms. The predicted octanol–water partition coefficient (Wildman–Crippen LogP) is -0.215. The lowest BCUT2D eigenvalue weighted by molar-refractivity contribution is 0.188. The Hall–Kier alpha value is -0.130. The molecular weight excluding hydrogens is 190 g/mol. The zero-order valence-corrected chi connectivity index (χ0v) is 8.72. The van der Waals surface area contributed by atoms with Gasteiger partial charge in [-0.1, -0.05) is 0 Å². The van der Waals surface area contributed by atoms with Gasteiger partial charge in [-0.3, -0.25) is 0 Å². The molecule has 2 unspecified atom stereocenters. The number of nitrogens with two attached hydrogens (primary N) is 1. The highest BCUT2D eigenvalue weighted by molar-refractivity contribution is 7.92. The van der Waals surface area contributed by atoms with Gasteiger partial charge in [-0.05, 0) is 19.3 Å². The van der Waals surface area contributed by atoms with E-state index < -0.39 is 15.1 Å². The Bertz CT molecular complexity index is 244. The molecular formula is C8H17NO3S. The lowest BCUT2D eigenvalue weighted by atomic mass is 10.2. The Morgan fingerprint density at radius 1 is 1.62 bits per heavy atom. The number of rotatable bonds is 4. The van der Waals surface area contributed by atoms with Crippen LogP contribution in [0.5, 0.6) is 0 Å². The molecule has 5 heteroatoms. The van der Waals surface area contributed by atoms with Crippen LogP contribution in [0.4, 0.5) is 0 Å². The number of hydrogen-bond acceptors (Lipinski definition) is 4. The van der Waals surface area contributed by atoms with E-state index >= 15 is 0 Å². The number of sulfone groups is 1. The van der Waals surface area contributed by atoms with Gasteiger partial charge in [0.15, 0.2) is 9.84 Å². The summed E-state index contributed by atoms with van der Waals surface area (Å²) in [5, 5.41) is -0.423. The van der Waals surface area contributed by atoms with Crippen molar-refractivity contribution in [1.29, 1.82) is 0 Å². The van der Waals surface area contributed by atoms with E-state index in [2.05, 4.69) is 0 Å². The summed E-state index contributed by atoms with van der Waals surface area (Å²) < 4.78 is 28.3. The second-order valence-electron chi connectivity index (χ2n) is 3.61. The molecule has 2 N–H and O–H groups in total. The van der Waals surface area contributed by atoms with Crippen LogP contribution in [0.3, 0.4) is 0 Å². The average molecular weight is 207 g/mol. The van der Waals surface area contributed by atoms with E-state index in [1.54, 1.807) is 6.92 Å². The second-order valence-corrected chi connectivity index (χ2v) is 6.07. The molecule has 0 aromatic heterocycles. The molecule has 0 amide bonds. The van der Waals surface area contributed by atoms with E-state index in [4.69, 9.17) is 10.5 Å². The molecule has 0 aromatic rings. The largest absolute Gasteiger partial charge is 0.381 e. The predicted molar refractivity (Wildman–Crippen MR) is 51.2 cm³/mol. The molecule has 1 rings (SSSR count). The SMILES string of the molecule is CC(CN)S(=O)(=O)CC1CCOC1. The fraction of sp³-hybridized carbons (Fsp3) is 1.00. The van der Waals surface area contributed by atoms with Crippen LogP contribution in [0.1, 0.15) is 13.3 Å². The molecule has 1 aliphatic rings. The van der Waals surface area contributed by atoms with Crippen LogP contribution in [0.2, 0.25) is 0 Å². The van der Waals surface area contributed by atoms with Crippen molar-refractivity contribution < 1.29 is 13.2 Å². The number of ether oxygens (including phenoxy) is 1. The normalized spacial score (nSPS) is 26.2. The van der Waals surface area contributed by atoms with Gasteiger partial charge in [0, 0.05) is 13.2 Å². The first-order valence-electron chi connectivity index (χ1n) is 4.55. The molecule has 78 valence electrons. The zero-order valence-electron chi connectivity index (χ0n) is 7.90. The molecule has 0 aromatic carbocycles. The van der Waals surface area contributed by atoms with Crippen molar-refractivity contribution in [3.8, 4) is 0 Å². The summed E-state index contributed by atoms with van der Waals surface area (Å²) in [4.78, 5) is 0. The van der Waals surface area contributed by atoms with Crippen LogP contribution in [0.15, 0.2) is 0 Å². The van der Waals surface area contributed by atoms with Crippen molar-refractivity contribution in [2.24, 2.45) is 11.7 Å². The minimum absolute atomic E-state index is 0.180. The Balaban J connectivity index is 2.50. The first-order chi connectivity index (χ1) is 6.06. The maximum absolute atomic E-state index is 11.6. The molecule has 0 radical (unpaired) electrons. The van der Waals surface area contributed by atoms with Crippen molar-refractivity contribution in [2.75, 3.05) is 25.5 Å². The lowest BCUT2D eigenvalue weighted by Gasteiger charge is -2.13. The standard InChI is InChI=1S/C8H17NO3S/c1-7(4-9)13(10,11)6-8-2-3-12-5-8/h7-8H,2-6,9H2,1H3. The third kappa shape index (κ3) is 2.93. The molecule has 0 saturated carbocycles. The third-order valence-electron chi connectivity index (χ3n) is 2.44. The van der Waals surface area contributed by atoms with Gasteiger partial charge in [0.05, 0.1) is 17.6 Å². The van der Waals surface area contributed by atoms with Gasteiger partial charge in [0.1, 0.15) is 0 Å². The molecule has 0 aliphatic carbocycles. The van der Waals surface area contributed by atoms with Gasteiger partial charge in [-0.15, -0.1) is 0 Å². The summed E-state index contributed by atoms with van der Waals surface area (Å²) >= 11 is 0. The first kappa shape index (κ1) is 10.9. The maximum atomic E-state index is 11.6. The van der Waals surface area contributed by atoms with E-state index in [9.17, 15) is 8.42 Å². The first-order valence-corrected chi connectivity index (χ1v) is 6.27. The third-order valence-corrected chi connectivity index (χ3v) is 4.79. The molecule has 1 heterocycles. The Morgan fingerprint density at radius 3 is 2.77 bits per heavy atom. The summed E-state index contributed by atoms with van der Waals surface area (Å²) in [7, 11) is -3.00. The molecule has 0 bridgehead atoms. The summed E-state index contributed by atoms with van der Waals surface area (Å²) in [6.07, 6.45) is 0.858. The van der Waals surface area contributed by atoms with Crippen LogP contribution in [-0.2, 0) is 14.6 Å². The van der Waals surface area contributed by atoms with Crippen molar-refractivity contribution in [3.63, 3.8) is 0 Å². The highest BCUT2D eigenvalue weighted by Gasteiger charge is 2.26. The van der Waals surface area contributed by atoms with Crippen LogP contribution in [0.25, 0.3) is 0 Å². The van der Waals surface area contributed by atoms with E-state index in [0.29, 0.717) is 13.2 Å². The van der Waals surface area contributed by atoms with Gasteiger partial charge in [-0.25, -0.2) is 8.42 Å². The van der Waals surface area contributed by atoms with Crippen LogP contribution in [-0.4, -0.2) is 39.2 Å². The van der Waals surface area contributed by atoms with Gasteiger partial charge in [0.2, 0.25) is 0 Å². The van der Waals surface area contributed by atoms with Gasteiger partial charge >= 0.3 is 0 Å². The molecule has 1 saturated heterocycles. The van der Waals surface area contributed by atoms with Gasteiger partial charge < -0.3 is 10.5 Å². The summed E-state index contributed by atoms with van der Waals surface area (Å²) in [5.74, 6) is 0.407. The van der Waals surface area contributed by atoms with Gasteiger partial charge in [-0.2, -0.15) is 0 Å². The second kappa shape index (κ2) is 4.39. The summed E-state index contributed by atoms with van der Waals surface area (Å²) in [6, 6.07) is 0. The van der Waals surface area contributed by atoms with Crippen molar-refractivity contribution in [2.45, 2.75) is 18.6 Å². The fourth-order valence-electron chi connectivity index (χ4n) is 1.35. The minimum atomic E-state index is -3.00. The molecule has 4 nitrogen and oxygen atoms in total. The highest BCUT2D eigenvalue weighted by atomic mass is 32.2. The lowest BCUT2D eigenvalue weighted by Crippen LogP contribution is -2.31. The van der Waals surface area contributed by atoms with Crippen LogP contribution in [0, 0.1) is 5.92 Å². The molecule has 1 aliphatic heterocycles. The smallest absolute Gasteiger partial charge is 0.154 e. The zero-order chi connectivity index (χ0) is 9.90. The van der Waals surface area contributed by atoms with E-state index in [0.717, 1.165) is 6.42 Å². The Labute approximate surface area is 79.4 Å². The Morgan fingerprint density at radius 2 is 2.31 bits per heavy atom. The highest BCUT2D eigenvalue weighted by Crippen LogP contribution is 2.16. The van der Waals surface area contributed by atoms with E-state index in [1.807, 2.05) is 0 Å². The maximum Gasteiger partial charge on any atom is 0.154 e. The Kier molecular flexibility index (Phi) is 3.70. The quantitative estimate of drug-likeness (QED) is 0.692. The van der Waals surface area contributed by atoms with Gasteiger partial charge in [0.25, 0.3) is 0 Å². The molecule has 2 atom stereocenters. The molecule has 1 fully saturated rings. The van der Waals surface area contributed by atoms with Crippen molar-refractivity contribution >= 4 is 9.84 Å². The molecule has 13 heavy (non-hydrogen) atoms. The van der Waals surface area contributed by atoms with Crippen LogP contribution >= 0.6 is 0 Å². The summed E-state index contributed by atoms with van der Waals surface area (Å²) in [5.41, 5.74) is 5.32. The monoisotopic (exact) mass is 207 g/mol. The van der Waals surface area contributed by atoms with E-state index in [-0.39, 0.29) is 18.2 Å². The average Bonchev–Trinajstić information content (AvgIpc) is 2.54.